The Morgan fingerprint density at radius 2 is 1.70 bits per heavy atom. The SMILES string of the molecule is COc1ccc(S(=O)(=O)N2CCC(C(=O)N[C@@H](C)C(=O)NCc3ccc(F)cc3)CC2)cc1. The van der Waals surface area contributed by atoms with Gasteiger partial charge in [-0.05, 0) is 61.7 Å². The zero-order valence-corrected chi connectivity index (χ0v) is 19.4. The lowest BCUT2D eigenvalue weighted by Crippen LogP contribution is -2.49. The summed E-state index contributed by atoms with van der Waals surface area (Å²) in [6, 6.07) is 11.2. The van der Waals surface area contributed by atoms with Gasteiger partial charge in [0.2, 0.25) is 21.8 Å². The largest absolute Gasteiger partial charge is 0.497 e. The predicted octanol–water partition coefficient (Wildman–Crippen LogP) is 2.06. The number of amides is 2. The molecule has 1 atom stereocenters. The van der Waals surface area contributed by atoms with Gasteiger partial charge >= 0.3 is 0 Å². The number of nitrogens with zero attached hydrogens (tertiary/aromatic N) is 1. The third-order valence-corrected chi connectivity index (χ3v) is 7.57. The van der Waals surface area contributed by atoms with Crippen molar-refractivity contribution in [2.24, 2.45) is 5.92 Å². The lowest BCUT2D eigenvalue weighted by atomic mass is 9.97. The topological polar surface area (TPSA) is 105 Å². The second kappa shape index (κ2) is 10.8. The summed E-state index contributed by atoms with van der Waals surface area (Å²) >= 11 is 0. The van der Waals surface area contributed by atoms with Crippen LogP contribution in [0.1, 0.15) is 25.3 Å². The van der Waals surface area contributed by atoms with Gasteiger partial charge in [-0.3, -0.25) is 9.59 Å². The van der Waals surface area contributed by atoms with E-state index >= 15 is 0 Å². The van der Waals surface area contributed by atoms with Crippen molar-refractivity contribution < 1.29 is 27.1 Å². The second-order valence-corrected chi connectivity index (χ2v) is 9.87. The van der Waals surface area contributed by atoms with Crippen molar-refractivity contribution in [1.29, 1.82) is 0 Å². The molecule has 1 aliphatic heterocycles. The van der Waals surface area contributed by atoms with Gasteiger partial charge < -0.3 is 15.4 Å². The third kappa shape index (κ3) is 6.29. The zero-order chi connectivity index (χ0) is 24.0. The van der Waals surface area contributed by atoms with Crippen LogP contribution in [0.25, 0.3) is 0 Å². The second-order valence-electron chi connectivity index (χ2n) is 7.93. The molecular formula is C23H28FN3O5S. The number of hydrogen-bond acceptors (Lipinski definition) is 5. The number of ether oxygens (including phenoxy) is 1. The smallest absolute Gasteiger partial charge is 0.243 e. The first kappa shape index (κ1) is 24.7. The summed E-state index contributed by atoms with van der Waals surface area (Å²) in [5.41, 5.74) is 0.744. The Kier molecular flexibility index (Phi) is 8.04. The molecule has 0 aromatic heterocycles. The highest BCUT2D eigenvalue weighted by Crippen LogP contribution is 2.25. The van der Waals surface area contributed by atoms with Crippen LogP contribution in [-0.2, 0) is 26.2 Å². The molecule has 0 saturated carbocycles. The Labute approximate surface area is 193 Å². The van der Waals surface area contributed by atoms with E-state index in [2.05, 4.69) is 10.6 Å². The van der Waals surface area contributed by atoms with Gasteiger partial charge in [0.05, 0.1) is 12.0 Å². The number of carbonyl (C=O) groups is 2. The highest BCUT2D eigenvalue weighted by Gasteiger charge is 2.33. The average molecular weight is 478 g/mol. The van der Waals surface area contributed by atoms with Crippen LogP contribution in [-0.4, -0.2) is 50.8 Å². The van der Waals surface area contributed by atoms with Crippen LogP contribution in [0.2, 0.25) is 0 Å². The lowest BCUT2D eigenvalue weighted by Gasteiger charge is -2.31. The Bertz CT molecular complexity index is 1070. The lowest BCUT2D eigenvalue weighted by molar-refractivity contribution is -0.131. The van der Waals surface area contributed by atoms with Crippen LogP contribution < -0.4 is 15.4 Å². The molecule has 0 unspecified atom stereocenters. The Balaban J connectivity index is 1.48. The molecule has 33 heavy (non-hydrogen) atoms. The fourth-order valence-corrected chi connectivity index (χ4v) is 5.07. The molecule has 2 N–H and O–H groups in total. The molecule has 2 amide bonds. The highest BCUT2D eigenvalue weighted by molar-refractivity contribution is 7.89. The van der Waals surface area contributed by atoms with E-state index in [4.69, 9.17) is 4.74 Å². The molecule has 8 nitrogen and oxygen atoms in total. The molecule has 0 spiro atoms. The van der Waals surface area contributed by atoms with E-state index in [1.54, 1.807) is 31.2 Å². The summed E-state index contributed by atoms with van der Waals surface area (Å²) in [7, 11) is -2.14. The van der Waals surface area contributed by atoms with E-state index in [9.17, 15) is 22.4 Å². The number of piperidine rings is 1. The van der Waals surface area contributed by atoms with Gasteiger partial charge in [-0.15, -0.1) is 0 Å². The predicted molar refractivity (Wildman–Crippen MR) is 120 cm³/mol. The molecule has 1 heterocycles. The fraction of sp³-hybridized carbons (Fsp3) is 0.391. The fourth-order valence-electron chi connectivity index (χ4n) is 3.60. The molecule has 1 saturated heterocycles. The Morgan fingerprint density at radius 3 is 2.27 bits per heavy atom. The van der Waals surface area contributed by atoms with E-state index in [0.29, 0.717) is 18.6 Å². The number of carbonyl (C=O) groups excluding carboxylic acids is 2. The normalized spacial score (nSPS) is 16.1. The first-order valence-electron chi connectivity index (χ1n) is 10.7. The number of sulfonamides is 1. The van der Waals surface area contributed by atoms with Crippen molar-refractivity contribution in [1.82, 2.24) is 14.9 Å². The number of benzene rings is 2. The molecule has 10 heteroatoms. The zero-order valence-electron chi connectivity index (χ0n) is 18.6. The summed E-state index contributed by atoms with van der Waals surface area (Å²) in [5, 5.41) is 5.41. The van der Waals surface area contributed by atoms with Crippen LogP contribution in [0, 0.1) is 11.7 Å². The average Bonchev–Trinajstić information content (AvgIpc) is 2.83. The summed E-state index contributed by atoms with van der Waals surface area (Å²) in [5.74, 6) is -0.790. The maximum Gasteiger partial charge on any atom is 0.243 e. The molecule has 178 valence electrons. The van der Waals surface area contributed by atoms with Gasteiger partial charge in [-0.1, -0.05) is 12.1 Å². The Morgan fingerprint density at radius 1 is 1.09 bits per heavy atom. The van der Waals surface area contributed by atoms with E-state index < -0.39 is 16.1 Å². The van der Waals surface area contributed by atoms with Crippen molar-refractivity contribution in [3.63, 3.8) is 0 Å². The first-order valence-corrected chi connectivity index (χ1v) is 12.1. The van der Waals surface area contributed by atoms with Gasteiger partial charge in [0.25, 0.3) is 0 Å². The maximum absolute atomic E-state index is 13.0. The minimum atomic E-state index is -3.65. The molecule has 0 aliphatic carbocycles. The van der Waals surface area contributed by atoms with Crippen LogP contribution >= 0.6 is 0 Å². The van der Waals surface area contributed by atoms with Crippen LogP contribution in [0.4, 0.5) is 4.39 Å². The minimum absolute atomic E-state index is 0.178. The van der Waals surface area contributed by atoms with Gasteiger partial charge in [-0.2, -0.15) is 4.31 Å². The van der Waals surface area contributed by atoms with Crippen LogP contribution in [0.5, 0.6) is 5.75 Å². The van der Waals surface area contributed by atoms with Crippen LogP contribution in [0.3, 0.4) is 0 Å². The molecule has 3 rings (SSSR count). The van der Waals surface area contributed by atoms with Crippen LogP contribution in [0.15, 0.2) is 53.4 Å². The molecule has 0 bridgehead atoms. The van der Waals surface area contributed by atoms with Gasteiger partial charge in [0.1, 0.15) is 17.6 Å². The third-order valence-electron chi connectivity index (χ3n) is 5.65. The number of rotatable bonds is 8. The number of halogens is 1. The molecule has 2 aromatic rings. The standard InChI is InChI=1S/C23H28FN3O5S/c1-16(22(28)25-15-17-3-5-19(24)6-4-17)26-23(29)18-11-13-27(14-12-18)33(30,31)21-9-7-20(32-2)8-10-21/h3-10,16,18H,11-15H2,1-2H3,(H,25,28)(H,26,29)/t16-/m0/s1. The summed E-state index contributed by atoms with van der Waals surface area (Å²) in [6.45, 7) is 2.25. The van der Waals surface area contributed by atoms with E-state index in [0.717, 1.165) is 5.56 Å². The molecule has 1 fully saturated rings. The van der Waals surface area contributed by atoms with E-state index in [-0.39, 0.29) is 48.1 Å². The summed E-state index contributed by atoms with van der Waals surface area (Å²) in [4.78, 5) is 25.1. The molecule has 0 radical (unpaired) electrons. The van der Waals surface area contributed by atoms with Gasteiger partial charge in [0, 0.05) is 25.6 Å². The molecule has 2 aromatic carbocycles. The molecular weight excluding hydrogens is 449 g/mol. The van der Waals surface area contributed by atoms with Crippen molar-refractivity contribution >= 4 is 21.8 Å². The number of hydrogen-bond donors (Lipinski definition) is 2. The van der Waals surface area contributed by atoms with E-state index in [1.807, 2.05) is 0 Å². The van der Waals surface area contributed by atoms with Crippen molar-refractivity contribution in [2.75, 3.05) is 20.2 Å². The first-order chi connectivity index (χ1) is 15.7. The maximum atomic E-state index is 13.0. The van der Waals surface area contributed by atoms with Crippen molar-refractivity contribution in [3.8, 4) is 5.75 Å². The van der Waals surface area contributed by atoms with Gasteiger partial charge in [-0.25, -0.2) is 12.8 Å². The number of nitrogens with one attached hydrogen (secondary N) is 2. The Hall–Kier alpha value is -2.98. The van der Waals surface area contributed by atoms with Gasteiger partial charge in [0.15, 0.2) is 0 Å². The monoisotopic (exact) mass is 477 g/mol. The van der Waals surface area contributed by atoms with Crippen molar-refractivity contribution in [2.45, 2.75) is 37.2 Å². The van der Waals surface area contributed by atoms with E-state index in [1.165, 1.54) is 35.7 Å². The quantitative estimate of drug-likeness (QED) is 0.606. The summed E-state index contributed by atoms with van der Waals surface area (Å²) < 4.78 is 45.1. The van der Waals surface area contributed by atoms with Crippen molar-refractivity contribution in [3.05, 3.63) is 59.9 Å². The minimum Gasteiger partial charge on any atom is -0.497 e. The summed E-state index contributed by atoms with van der Waals surface area (Å²) in [6.07, 6.45) is 0.732. The molecule has 1 aliphatic rings. The number of methoxy groups -OCH3 is 1. The highest BCUT2D eigenvalue weighted by atomic mass is 32.2.